The van der Waals surface area contributed by atoms with E-state index in [0.29, 0.717) is 22.7 Å². The largest absolute Gasteiger partial charge is 0.495 e. The van der Waals surface area contributed by atoms with Crippen molar-refractivity contribution in [1.82, 2.24) is 24.7 Å². The number of Topliss-reactive ketones (excluding diaryl/α,β-unsaturated/α-hetero) is 1. The highest BCUT2D eigenvalue weighted by molar-refractivity contribution is 6.15. The molecule has 1 saturated heterocycles. The SMILES string of the molecule is CNC(=O)Nc1ccc2c(c1)C(=O)/C(=C/c1cn(CCN3CCN(C)CC3)c3ncc(OC)cc13)O2. The Hall–Kier alpha value is -3.89. The molecule has 0 atom stereocenters. The Bertz CT molecular complexity index is 1340. The summed E-state index contributed by atoms with van der Waals surface area (Å²) in [6.45, 7) is 5.94. The first-order chi connectivity index (χ1) is 17.4. The molecule has 188 valence electrons. The lowest BCUT2D eigenvalue weighted by Crippen LogP contribution is -2.45. The number of hydrogen-bond donors (Lipinski definition) is 2. The van der Waals surface area contributed by atoms with Crippen LogP contribution >= 0.6 is 0 Å². The number of carbonyl (C=O) groups excluding carboxylic acids is 2. The van der Waals surface area contributed by atoms with E-state index in [1.54, 1.807) is 37.6 Å². The zero-order valence-electron chi connectivity index (χ0n) is 20.7. The molecule has 2 aliphatic heterocycles. The lowest BCUT2D eigenvalue weighted by molar-refractivity contribution is 0.101. The molecule has 5 rings (SSSR count). The minimum atomic E-state index is -0.358. The summed E-state index contributed by atoms with van der Waals surface area (Å²) < 4.78 is 13.4. The Morgan fingerprint density at radius 2 is 2.00 bits per heavy atom. The monoisotopic (exact) mass is 490 g/mol. The molecule has 0 aliphatic carbocycles. The number of allylic oxidation sites excluding steroid dienone is 1. The second kappa shape index (κ2) is 10.00. The fraction of sp³-hybridized carbons (Fsp3) is 0.346. The number of carbonyl (C=O) groups is 2. The molecule has 2 amide bonds. The molecule has 4 heterocycles. The second-order valence-electron chi connectivity index (χ2n) is 9.02. The van der Waals surface area contributed by atoms with Crippen LogP contribution in [0.4, 0.5) is 10.5 Å². The Balaban J connectivity index is 1.42. The molecular formula is C26H30N6O4. The molecule has 10 nitrogen and oxygen atoms in total. The van der Waals surface area contributed by atoms with Crippen LogP contribution in [0, 0.1) is 0 Å². The quantitative estimate of drug-likeness (QED) is 0.513. The second-order valence-corrected chi connectivity index (χ2v) is 9.02. The number of amides is 2. The Morgan fingerprint density at radius 3 is 2.75 bits per heavy atom. The van der Waals surface area contributed by atoms with Crippen LogP contribution in [-0.4, -0.2) is 85.1 Å². The van der Waals surface area contributed by atoms with E-state index in [1.807, 2.05) is 12.3 Å². The molecule has 2 N–H and O–H groups in total. The van der Waals surface area contributed by atoms with Crippen LogP contribution in [0.2, 0.25) is 0 Å². The van der Waals surface area contributed by atoms with Crippen molar-refractivity contribution in [3.05, 3.63) is 53.5 Å². The third-order valence-corrected chi connectivity index (χ3v) is 6.65. The maximum absolute atomic E-state index is 13.2. The highest BCUT2D eigenvalue weighted by atomic mass is 16.5. The van der Waals surface area contributed by atoms with E-state index in [2.05, 4.69) is 37.0 Å². The van der Waals surface area contributed by atoms with Crippen molar-refractivity contribution < 1.29 is 19.1 Å². The highest BCUT2D eigenvalue weighted by Crippen LogP contribution is 2.35. The molecule has 1 aromatic carbocycles. The van der Waals surface area contributed by atoms with Gasteiger partial charge in [0, 0.05) is 69.2 Å². The standard InChI is InChI=1S/C26H30N6O4/c1-27-26(34)29-18-4-5-22-21(13-18)24(33)23(36-22)12-17-16-32(11-10-31-8-6-30(2)7-9-31)25-20(17)14-19(35-3)15-28-25/h4-5,12-16H,6-11H2,1-3H3,(H2,27,29,34)/b23-12-. The summed E-state index contributed by atoms with van der Waals surface area (Å²) in [6, 6.07) is 6.58. The number of hydrogen-bond acceptors (Lipinski definition) is 7. The Labute approximate surface area is 209 Å². The van der Waals surface area contributed by atoms with E-state index in [0.717, 1.165) is 55.9 Å². The Kier molecular flexibility index (Phi) is 6.62. The number of urea groups is 1. The summed E-state index contributed by atoms with van der Waals surface area (Å²) in [6.07, 6.45) is 5.47. The number of piperazine rings is 1. The third kappa shape index (κ3) is 4.77. The van der Waals surface area contributed by atoms with Gasteiger partial charge in [0.05, 0.1) is 18.9 Å². The van der Waals surface area contributed by atoms with E-state index in [1.165, 1.54) is 7.05 Å². The van der Waals surface area contributed by atoms with Gasteiger partial charge in [0.25, 0.3) is 0 Å². The van der Waals surface area contributed by atoms with Crippen molar-refractivity contribution in [1.29, 1.82) is 0 Å². The van der Waals surface area contributed by atoms with Gasteiger partial charge in [-0.3, -0.25) is 9.69 Å². The van der Waals surface area contributed by atoms with Crippen molar-refractivity contribution in [3.63, 3.8) is 0 Å². The summed E-state index contributed by atoms with van der Waals surface area (Å²) in [7, 11) is 5.29. The van der Waals surface area contributed by atoms with E-state index in [-0.39, 0.29) is 17.6 Å². The first kappa shape index (κ1) is 23.8. The number of likely N-dealkylation sites (N-methyl/N-ethyl adjacent to an activating group) is 1. The highest BCUT2D eigenvalue weighted by Gasteiger charge is 2.28. The number of methoxy groups -OCH3 is 1. The van der Waals surface area contributed by atoms with Crippen molar-refractivity contribution in [3.8, 4) is 11.5 Å². The maximum atomic E-state index is 13.2. The van der Waals surface area contributed by atoms with Crippen LogP contribution < -0.4 is 20.1 Å². The van der Waals surface area contributed by atoms with Crippen LogP contribution in [0.25, 0.3) is 17.1 Å². The van der Waals surface area contributed by atoms with Gasteiger partial charge < -0.3 is 29.6 Å². The molecule has 2 aliphatic rings. The topological polar surface area (TPSA) is 101 Å². The zero-order valence-corrected chi connectivity index (χ0v) is 20.7. The summed E-state index contributed by atoms with van der Waals surface area (Å²) >= 11 is 0. The van der Waals surface area contributed by atoms with Crippen LogP contribution in [0.5, 0.6) is 11.5 Å². The number of ether oxygens (including phenoxy) is 2. The first-order valence-corrected chi connectivity index (χ1v) is 12.0. The molecule has 2 aromatic heterocycles. The zero-order chi connectivity index (χ0) is 25.2. The van der Waals surface area contributed by atoms with E-state index < -0.39 is 0 Å². The molecule has 0 saturated carbocycles. The number of aromatic nitrogens is 2. The molecule has 0 unspecified atom stereocenters. The van der Waals surface area contributed by atoms with Crippen LogP contribution in [-0.2, 0) is 6.54 Å². The molecule has 36 heavy (non-hydrogen) atoms. The minimum absolute atomic E-state index is 0.225. The van der Waals surface area contributed by atoms with Gasteiger partial charge in [-0.25, -0.2) is 9.78 Å². The summed E-state index contributed by atoms with van der Waals surface area (Å²) in [5.41, 5.74) is 2.58. The van der Waals surface area contributed by atoms with Gasteiger partial charge in [0.2, 0.25) is 5.78 Å². The van der Waals surface area contributed by atoms with E-state index >= 15 is 0 Å². The van der Waals surface area contributed by atoms with Gasteiger partial charge in [0.15, 0.2) is 5.76 Å². The molecule has 1 fully saturated rings. The Morgan fingerprint density at radius 1 is 1.19 bits per heavy atom. The van der Waals surface area contributed by atoms with Crippen LogP contribution in [0.15, 0.2) is 42.4 Å². The normalized spacial score (nSPS) is 17.3. The maximum Gasteiger partial charge on any atom is 0.318 e. The van der Waals surface area contributed by atoms with Crippen molar-refractivity contribution >= 4 is 34.6 Å². The van der Waals surface area contributed by atoms with Crippen LogP contribution in [0.3, 0.4) is 0 Å². The molecular weight excluding hydrogens is 460 g/mol. The van der Waals surface area contributed by atoms with Gasteiger partial charge in [0.1, 0.15) is 17.1 Å². The number of nitrogens with one attached hydrogen (secondary N) is 2. The van der Waals surface area contributed by atoms with Gasteiger partial charge in [-0.05, 0) is 37.4 Å². The summed E-state index contributed by atoms with van der Waals surface area (Å²) in [5.74, 6) is 1.09. The number of benzene rings is 1. The van der Waals surface area contributed by atoms with Gasteiger partial charge in [-0.2, -0.15) is 0 Å². The number of nitrogens with zero attached hydrogens (tertiary/aromatic N) is 4. The summed E-state index contributed by atoms with van der Waals surface area (Å²) in [5, 5.41) is 6.06. The molecule has 0 bridgehead atoms. The number of pyridine rings is 1. The van der Waals surface area contributed by atoms with Crippen molar-refractivity contribution in [2.24, 2.45) is 0 Å². The molecule has 3 aromatic rings. The number of anilines is 1. The van der Waals surface area contributed by atoms with Crippen molar-refractivity contribution in [2.75, 3.05) is 59.2 Å². The first-order valence-electron chi connectivity index (χ1n) is 12.0. The smallest absolute Gasteiger partial charge is 0.318 e. The predicted molar refractivity (Wildman–Crippen MR) is 138 cm³/mol. The fourth-order valence-corrected chi connectivity index (χ4v) is 4.50. The molecule has 0 radical (unpaired) electrons. The minimum Gasteiger partial charge on any atom is -0.495 e. The summed E-state index contributed by atoms with van der Waals surface area (Å²) in [4.78, 5) is 34.2. The fourth-order valence-electron chi connectivity index (χ4n) is 4.50. The van der Waals surface area contributed by atoms with Crippen molar-refractivity contribution in [2.45, 2.75) is 6.54 Å². The van der Waals surface area contributed by atoms with E-state index in [4.69, 9.17) is 9.47 Å². The van der Waals surface area contributed by atoms with Gasteiger partial charge in [-0.15, -0.1) is 0 Å². The lowest BCUT2D eigenvalue weighted by Gasteiger charge is -2.32. The predicted octanol–water partition coefficient (Wildman–Crippen LogP) is 2.66. The lowest BCUT2D eigenvalue weighted by atomic mass is 10.1. The van der Waals surface area contributed by atoms with Crippen LogP contribution in [0.1, 0.15) is 15.9 Å². The van der Waals surface area contributed by atoms with E-state index in [9.17, 15) is 9.59 Å². The average Bonchev–Trinajstić information content (AvgIpc) is 3.40. The molecule has 10 heteroatoms. The number of fused-ring (bicyclic) bond motifs is 2. The number of ketones is 1. The average molecular weight is 491 g/mol. The third-order valence-electron chi connectivity index (χ3n) is 6.65. The number of rotatable bonds is 6. The molecule has 0 spiro atoms. The van der Waals surface area contributed by atoms with Gasteiger partial charge >= 0.3 is 6.03 Å². The van der Waals surface area contributed by atoms with Gasteiger partial charge in [-0.1, -0.05) is 0 Å².